The zero-order valence-electron chi connectivity index (χ0n) is 12.5. The molecule has 1 aliphatic carbocycles. The zero-order valence-corrected chi connectivity index (χ0v) is 12.5. The largest absolute Gasteiger partial charge is 0.444 e. The Hall–Kier alpha value is -0.770. The molecule has 4 heteroatoms. The number of hydrogen-bond acceptors (Lipinski definition) is 3. The zero-order chi connectivity index (χ0) is 14.0. The number of nitrogens with zero attached hydrogens (tertiary/aromatic N) is 1. The second-order valence-corrected chi connectivity index (χ2v) is 7.09. The third-order valence-electron chi connectivity index (χ3n) is 4.36. The predicted octanol–water partition coefficient (Wildman–Crippen LogP) is 2.76. The molecule has 1 saturated carbocycles. The topological polar surface area (TPSA) is 55.6 Å². The lowest BCUT2D eigenvalue weighted by Crippen LogP contribution is -2.40. The summed E-state index contributed by atoms with van der Waals surface area (Å²) in [5, 5.41) is 0. The van der Waals surface area contributed by atoms with Crippen molar-refractivity contribution in [1.82, 2.24) is 4.90 Å². The normalized spacial score (nSPS) is 32.4. The molecule has 110 valence electrons. The highest BCUT2D eigenvalue weighted by Crippen LogP contribution is 2.34. The summed E-state index contributed by atoms with van der Waals surface area (Å²) >= 11 is 0. The van der Waals surface area contributed by atoms with Gasteiger partial charge in [0.25, 0.3) is 0 Å². The average Bonchev–Trinajstić information content (AvgIpc) is 2.76. The molecule has 0 aromatic rings. The third-order valence-corrected chi connectivity index (χ3v) is 4.36. The van der Waals surface area contributed by atoms with Crippen molar-refractivity contribution in [2.24, 2.45) is 17.6 Å². The van der Waals surface area contributed by atoms with Crippen molar-refractivity contribution in [2.75, 3.05) is 13.1 Å². The van der Waals surface area contributed by atoms with Crippen molar-refractivity contribution < 1.29 is 9.53 Å². The van der Waals surface area contributed by atoms with Crippen LogP contribution in [0.5, 0.6) is 0 Å². The number of nitrogens with two attached hydrogens (primary N) is 1. The molecule has 0 unspecified atom stereocenters. The van der Waals surface area contributed by atoms with E-state index in [2.05, 4.69) is 0 Å². The standard InChI is InChI=1S/C15H28N2O2/c1-15(2,3)19-14(18)17-9-8-11(10-17)12-6-4-5-7-13(12)16/h11-13H,4-10,16H2,1-3H3/t11-,12+,13+/m1/s1. The van der Waals surface area contributed by atoms with Crippen molar-refractivity contribution in [2.45, 2.75) is 64.5 Å². The minimum absolute atomic E-state index is 0.167. The number of likely N-dealkylation sites (tertiary alicyclic amines) is 1. The van der Waals surface area contributed by atoms with Gasteiger partial charge < -0.3 is 15.4 Å². The van der Waals surface area contributed by atoms with Crippen molar-refractivity contribution in [1.29, 1.82) is 0 Å². The monoisotopic (exact) mass is 268 g/mol. The van der Waals surface area contributed by atoms with Gasteiger partial charge in [-0.25, -0.2) is 4.79 Å². The first-order valence-corrected chi connectivity index (χ1v) is 7.60. The van der Waals surface area contributed by atoms with Gasteiger partial charge in [-0.1, -0.05) is 12.8 Å². The molecule has 2 aliphatic rings. The fraction of sp³-hybridized carbons (Fsp3) is 0.933. The lowest BCUT2D eigenvalue weighted by Gasteiger charge is -2.33. The number of carbonyl (C=O) groups excluding carboxylic acids is 1. The molecule has 0 bridgehead atoms. The summed E-state index contributed by atoms with van der Waals surface area (Å²) in [5.74, 6) is 1.17. The molecule has 0 spiro atoms. The number of hydrogen-bond donors (Lipinski definition) is 1. The maximum Gasteiger partial charge on any atom is 0.410 e. The molecular formula is C15H28N2O2. The molecule has 1 amide bonds. The summed E-state index contributed by atoms with van der Waals surface area (Å²) in [5.41, 5.74) is 5.84. The first kappa shape index (κ1) is 14.6. The van der Waals surface area contributed by atoms with Crippen LogP contribution < -0.4 is 5.73 Å². The van der Waals surface area contributed by atoms with Crippen LogP contribution in [0.3, 0.4) is 0 Å². The Kier molecular flexibility index (Phi) is 4.39. The van der Waals surface area contributed by atoms with Crippen LogP contribution in [0.15, 0.2) is 0 Å². The van der Waals surface area contributed by atoms with E-state index in [1.54, 1.807) is 0 Å². The van der Waals surface area contributed by atoms with Crippen molar-refractivity contribution >= 4 is 6.09 Å². The van der Waals surface area contributed by atoms with E-state index in [4.69, 9.17) is 10.5 Å². The van der Waals surface area contributed by atoms with Crippen LogP contribution in [0.4, 0.5) is 4.79 Å². The summed E-state index contributed by atoms with van der Waals surface area (Å²) < 4.78 is 5.44. The molecule has 3 atom stereocenters. The van der Waals surface area contributed by atoms with Gasteiger partial charge in [-0.3, -0.25) is 0 Å². The maximum atomic E-state index is 12.0. The predicted molar refractivity (Wildman–Crippen MR) is 75.8 cm³/mol. The summed E-state index contributed by atoms with van der Waals surface area (Å²) in [6, 6.07) is 0.331. The van der Waals surface area contributed by atoms with Gasteiger partial charge in [0.2, 0.25) is 0 Å². The molecule has 2 fully saturated rings. The highest BCUT2D eigenvalue weighted by molar-refractivity contribution is 5.68. The fourth-order valence-electron chi connectivity index (χ4n) is 3.40. The Morgan fingerprint density at radius 2 is 1.89 bits per heavy atom. The lowest BCUT2D eigenvalue weighted by atomic mass is 9.76. The first-order chi connectivity index (χ1) is 8.87. The molecule has 2 N–H and O–H groups in total. The van der Waals surface area contributed by atoms with Gasteiger partial charge >= 0.3 is 6.09 Å². The number of amides is 1. The van der Waals surface area contributed by atoms with Crippen molar-refractivity contribution in [3.05, 3.63) is 0 Å². The number of carbonyl (C=O) groups is 1. The van der Waals surface area contributed by atoms with Gasteiger partial charge in [0.15, 0.2) is 0 Å². The van der Waals surface area contributed by atoms with Crippen LogP contribution in [-0.2, 0) is 4.74 Å². The molecule has 1 heterocycles. The molecule has 0 aromatic carbocycles. The van der Waals surface area contributed by atoms with Crippen LogP contribution in [0, 0.1) is 11.8 Å². The highest BCUT2D eigenvalue weighted by atomic mass is 16.6. The van der Waals surface area contributed by atoms with Crippen LogP contribution in [0.2, 0.25) is 0 Å². The Labute approximate surface area is 116 Å². The minimum atomic E-state index is -0.406. The Morgan fingerprint density at radius 1 is 1.21 bits per heavy atom. The van der Waals surface area contributed by atoms with E-state index in [0.717, 1.165) is 25.9 Å². The SMILES string of the molecule is CC(C)(C)OC(=O)N1CC[C@@H]([C@@H]2CCCC[C@@H]2N)C1. The van der Waals surface area contributed by atoms with Gasteiger partial charge in [0, 0.05) is 19.1 Å². The summed E-state index contributed by atoms with van der Waals surface area (Å²) in [6.07, 6.45) is 5.85. The molecule has 4 nitrogen and oxygen atoms in total. The van der Waals surface area contributed by atoms with E-state index in [0.29, 0.717) is 17.9 Å². The second kappa shape index (κ2) is 5.70. The number of rotatable bonds is 1. The molecule has 19 heavy (non-hydrogen) atoms. The average molecular weight is 268 g/mol. The molecule has 0 aromatic heterocycles. The van der Waals surface area contributed by atoms with E-state index in [-0.39, 0.29) is 6.09 Å². The highest BCUT2D eigenvalue weighted by Gasteiger charge is 2.36. The Balaban J connectivity index is 1.87. The molecule has 1 aliphatic heterocycles. The van der Waals surface area contributed by atoms with Gasteiger partial charge in [-0.05, 0) is 51.9 Å². The lowest BCUT2D eigenvalue weighted by molar-refractivity contribution is 0.0279. The molecular weight excluding hydrogens is 240 g/mol. The van der Waals surface area contributed by atoms with E-state index in [1.807, 2.05) is 25.7 Å². The van der Waals surface area contributed by atoms with Crippen molar-refractivity contribution in [3.63, 3.8) is 0 Å². The fourth-order valence-corrected chi connectivity index (χ4v) is 3.40. The van der Waals surface area contributed by atoms with Crippen LogP contribution in [-0.4, -0.2) is 35.7 Å². The third kappa shape index (κ3) is 3.85. The minimum Gasteiger partial charge on any atom is -0.444 e. The van der Waals surface area contributed by atoms with Crippen molar-refractivity contribution in [3.8, 4) is 0 Å². The van der Waals surface area contributed by atoms with Crippen LogP contribution in [0.1, 0.15) is 52.9 Å². The van der Waals surface area contributed by atoms with E-state index in [9.17, 15) is 4.79 Å². The Bertz CT molecular complexity index is 325. The van der Waals surface area contributed by atoms with Gasteiger partial charge in [-0.15, -0.1) is 0 Å². The van der Waals surface area contributed by atoms with Crippen LogP contribution in [0.25, 0.3) is 0 Å². The van der Waals surface area contributed by atoms with E-state index < -0.39 is 5.60 Å². The summed E-state index contributed by atoms with van der Waals surface area (Å²) in [4.78, 5) is 13.9. The van der Waals surface area contributed by atoms with Gasteiger partial charge in [0.05, 0.1) is 0 Å². The van der Waals surface area contributed by atoms with Crippen LogP contribution >= 0.6 is 0 Å². The summed E-state index contributed by atoms with van der Waals surface area (Å²) in [6.45, 7) is 7.39. The van der Waals surface area contributed by atoms with E-state index in [1.165, 1.54) is 19.3 Å². The van der Waals surface area contributed by atoms with E-state index >= 15 is 0 Å². The molecule has 0 radical (unpaired) electrons. The number of ether oxygens (including phenoxy) is 1. The first-order valence-electron chi connectivity index (χ1n) is 7.60. The smallest absolute Gasteiger partial charge is 0.410 e. The molecule has 2 rings (SSSR count). The Morgan fingerprint density at radius 3 is 2.53 bits per heavy atom. The molecule has 1 saturated heterocycles. The quantitative estimate of drug-likeness (QED) is 0.795. The second-order valence-electron chi connectivity index (χ2n) is 7.09. The van der Waals surface area contributed by atoms with Gasteiger partial charge in [-0.2, -0.15) is 0 Å². The van der Waals surface area contributed by atoms with Gasteiger partial charge in [0.1, 0.15) is 5.60 Å². The summed E-state index contributed by atoms with van der Waals surface area (Å²) in [7, 11) is 0. The maximum absolute atomic E-state index is 12.0.